The van der Waals surface area contributed by atoms with E-state index in [2.05, 4.69) is 15.5 Å². The first-order valence-corrected chi connectivity index (χ1v) is 8.62. The van der Waals surface area contributed by atoms with Crippen molar-refractivity contribution in [3.8, 4) is 0 Å². The van der Waals surface area contributed by atoms with E-state index in [0.29, 0.717) is 44.0 Å². The van der Waals surface area contributed by atoms with Crippen LogP contribution in [0.3, 0.4) is 0 Å². The summed E-state index contributed by atoms with van der Waals surface area (Å²) in [6.07, 6.45) is 0.782. The van der Waals surface area contributed by atoms with Gasteiger partial charge in [0.25, 0.3) is 0 Å². The van der Waals surface area contributed by atoms with E-state index in [-0.39, 0.29) is 24.1 Å². The van der Waals surface area contributed by atoms with Gasteiger partial charge in [0, 0.05) is 33.0 Å². The van der Waals surface area contributed by atoms with E-state index in [4.69, 9.17) is 0 Å². The Labute approximate surface area is 151 Å². The van der Waals surface area contributed by atoms with Crippen molar-refractivity contribution in [2.24, 2.45) is 0 Å². The topological polar surface area (TPSA) is 80.1 Å². The molecule has 138 valence electrons. The molecule has 26 heavy (non-hydrogen) atoms. The lowest BCUT2D eigenvalue weighted by molar-refractivity contribution is -0.130. The van der Waals surface area contributed by atoms with Crippen molar-refractivity contribution in [1.29, 1.82) is 0 Å². The van der Waals surface area contributed by atoms with Gasteiger partial charge in [-0.25, -0.2) is 4.39 Å². The third kappa shape index (κ3) is 4.07. The van der Waals surface area contributed by atoms with Gasteiger partial charge in [0.2, 0.25) is 11.8 Å². The molecule has 0 aliphatic carbocycles. The summed E-state index contributed by atoms with van der Waals surface area (Å²) in [6, 6.07) is 4.51. The molecular weight excluding hydrogens is 337 g/mol. The van der Waals surface area contributed by atoms with Crippen LogP contribution in [0.5, 0.6) is 0 Å². The Morgan fingerprint density at radius 3 is 2.81 bits per heavy atom. The van der Waals surface area contributed by atoms with Crippen LogP contribution in [-0.2, 0) is 35.5 Å². The minimum Gasteiger partial charge on any atom is -0.349 e. The van der Waals surface area contributed by atoms with Gasteiger partial charge < -0.3 is 14.8 Å². The molecule has 0 bridgehead atoms. The molecule has 0 radical (unpaired) electrons. The Morgan fingerprint density at radius 1 is 1.23 bits per heavy atom. The molecule has 1 aromatic carbocycles. The third-order valence-electron chi connectivity index (χ3n) is 4.60. The van der Waals surface area contributed by atoms with Gasteiger partial charge in [-0.1, -0.05) is 6.07 Å². The number of hydrogen-bond acceptors (Lipinski definition) is 4. The highest BCUT2D eigenvalue weighted by atomic mass is 19.1. The van der Waals surface area contributed by atoms with Crippen LogP contribution in [0.2, 0.25) is 0 Å². The van der Waals surface area contributed by atoms with Gasteiger partial charge in [-0.15, -0.1) is 10.2 Å². The quantitative estimate of drug-likeness (QED) is 0.883. The number of halogens is 1. The maximum absolute atomic E-state index is 13.4. The number of rotatable bonds is 4. The molecule has 0 spiro atoms. The van der Waals surface area contributed by atoms with Crippen molar-refractivity contribution in [3.05, 3.63) is 46.8 Å². The first-order chi connectivity index (χ1) is 12.4. The molecule has 0 saturated heterocycles. The van der Waals surface area contributed by atoms with E-state index >= 15 is 0 Å². The number of aromatic nitrogens is 3. The predicted octanol–water partition coefficient (Wildman–Crippen LogP) is 0.989. The average molecular weight is 359 g/mol. The number of carbonyl (C=O) groups excluding carboxylic acids is 2. The van der Waals surface area contributed by atoms with Gasteiger partial charge in [0.1, 0.15) is 11.6 Å². The molecule has 1 aliphatic heterocycles. The molecule has 0 unspecified atom stereocenters. The van der Waals surface area contributed by atoms with Crippen LogP contribution < -0.4 is 5.32 Å². The number of fused-ring (bicyclic) bond motifs is 1. The van der Waals surface area contributed by atoms with E-state index in [1.807, 2.05) is 11.5 Å². The van der Waals surface area contributed by atoms with E-state index in [0.717, 1.165) is 11.4 Å². The van der Waals surface area contributed by atoms with Gasteiger partial charge >= 0.3 is 0 Å². The minimum atomic E-state index is -0.330. The van der Waals surface area contributed by atoms with E-state index in [9.17, 15) is 14.0 Å². The second-order valence-electron chi connectivity index (χ2n) is 6.47. The lowest BCUT2D eigenvalue weighted by Crippen LogP contribution is -2.35. The Kier molecular flexibility index (Phi) is 5.29. The normalized spacial score (nSPS) is 13.9. The molecule has 8 heteroatoms. The second kappa shape index (κ2) is 7.63. The first-order valence-electron chi connectivity index (χ1n) is 8.62. The molecule has 3 rings (SSSR count). The SMILES string of the molecule is CC(=O)NCc1nnc2n1CCN(C(=O)Cc1cc(F)ccc1C)CC2. The molecule has 7 nitrogen and oxygen atoms in total. The Bertz CT molecular complexity index is 833. The number of hydrogen-bond donors (Lipinski definition) is 1. The summed E-state index contributed by atoms with van der Waals surface area (Å²) in [5.41, 5.74) is 1.62. The molecule has 2 heterocycles. The van der Waals surface area contributed by atoms with Crippen molar-refractivity contribution in [2.45, 2.75) is 39.8 Å². The van der Waals surface area contributed by atoms with Gasteiger partial charge in [-0.3, -0.25) is 9.59 Å². The highest BCUT2D eigenvalue weighted by molar-refractivity contribution is 5.79. The molecule has 2 amide bonds. The standard InChI is InChI=1S/C18H22FN5O2/c1-12-3-4-15(19)9-14(12)10-18(26)23-6-5-16-21-22-17(11-20-13(2)25)24(16)8-7-23/h3-4,9H,5-8,10-11H2,1-2H3,(H,20,25). The van der Waals surface area contributed by atoms with Crippen molar-refractivity contribution >= 4 is 11.8 Å². The molecule has 1 aromatic heterocycles. The Balaban J connectivity index is 1.66. The zero-order valence-corrected chi connectivity index (χ0v) is 15.0. The fourth-order valence-corrected chi connectivity index (χ4v) is 3.07. The largest absolute Gasteiger partial charge is 0.349 e. The maximum Gasteiger partial charge on any atom is 0.227 e. The van der Waals surface area contributed by atoms with Gasteiger partial charge in [0.15, 0.2) is 5.82 Å². The van der Waals surface area contributed by atoms with Gasteiger partial charge in [-0.2, -0.15) is 0 Å². The van der Waals surface area contributed by atoms with Crippen LogP contribution in [0, 0.1) is 12.7 Å². The van der Waals surface area contributed by atoms with Gasteiger partial charge in [0.05, 0.1) is 13.0 Å². The summed E-state index contributed by atoms with van der Waals surface area (Å²) < 4.78 is 15.4. The van der Waals surface area contributed by atoms with Crippen LogP contribution in [0.4, 0.5) is 4.39 Å². The number of nitrogens with one attached hydrogen (secondary N) is 1. The molecule has 2 aromatic rings. The third-order valence-corrected chi connectivity index (χ3v) is 4.60. The summed E-state index contributed by atoms with van der Waals surface area (Å²) in [5.74, 6) is 1.01. The van der Waals surface area contributed by atoms with Crippen molar-refractivity contribution in [2.75, 3.05) is 13.1 Å². The van der Waals surface area contributed by atoms with Crippen LogP contribution in [0.1, 0.15) is 29.7 Å². The zero-order chi connectivity index (χ0) is 18.7. The van der Waals surface area contributed by atoms with Gasteiger partial charge in [-0.05, 0) is 30.2 Å². The first kappa shape index (κ1) is 18.0. The maximum atomic E-state index is 13.4. The smallest absolute Gasteiger partial charge is 0.227 e. The summed E-state index contributed by atoms with van der Waals surface area (Å²) in [5, 5.41) is 11.0. The van der Waals surface area contributed by atoms with E-state index in [1.54, 1.807) is 11.0 Å². The molecular formula is C18H22FN5O2. The highest BCUT2D eigenvalue weighted by Gasteiger charge is 2.22. The van der Waals surface area contributed by atoms with Crippen molar-refractivity contribution in [1.82, 2.24) is 25.0 Å². The van der Waals surface area contributed by atoms with E-state index in [1.165, 1.54) is 19.1 Å². The Hall–Kier alpha value is -2.77. The minimum absolute atomic E-state index is 0.0270. The Morgan fingerprint density at radius 2 is 2.04 bits per heavy atom. The van der Waals surface area contributed by atoms with Crippen LogP contribution in [0.15, 0.2) is 18.2 Å². The number of aryl methyl sites for hydroxylation is 1. The number of amides is 2. The molecule has 0 fully saturated rings. The van der Waals surface area contributed by atoms with E-state index < -0.39 is 0 Å². The number of nitrogens with zero attached hydrogens (tertiary/aromatic N) is 4. The average Bonchev–Trinajstić information content (AvgIpc) is 2.85. The molecule has 1 aliphatic rings. The van der Waals surface area contributed by atoms with Crippen LogP contribution >= 0.6 is 0 Å². The van der Waals surface area contributed by atoms with Crippen LogP contribution in [0.25, 0.3) is 0 Å². The fraction of sp³-hybridized carbons (Fsp3) is 0.444. The van der Waals surface area contributed by atoms with Crippen molar-refractivity contribution < 1.29 is 14.0 Å². The lowest BCUT2D eigenvalue weighted by atomic mass is 10.0. The molecule has 0 atom stereocenters. The summed E-state index contributed by atoms with van der Waals surface area (Å²) >= 11 is 0. The monoisotopic (exact) mass is 359 g/mol. The molecule has 1 N–H and O–H groups in total. The number of carbonyl (C=O) groups is 2. The summed E-state index contributed by atoms with van der Waals surface area (Å²) in [4.78, 5) is 25.5. The predicted molar refractivity (Wildman–Crippen MR) is 92.7 cm³/mol. The fourth-order valence-electron chi connectivity index (χ4n) is 3.07. The zero-order valence-electron chi connectivity index (χ0n) is 15.0. The highest BCUT2D eigenvalue weighted by Crippen LogP contribution is 2.14. The van der Waals surface area contributed by atoms with Crippen LogP contribution in [-0.4, -0.2) is 44.6 Å². The van der Waals surface area contributed by atoms with Crippen molar-refractivity contribution in [3.63, 3.8) is 0 Å². The summed E-state index contributed by atoms with van der Waals surface area (Å²) in [7, 11) is 0. The molecule has 0 saturated carbocycles. The second-order valence-corrected chi connectivity index (χ2v) is 6.47. The lowest BCUT2D eigenvalue weighted by Gasteiger charge is -2.20. The summed E-state index contributed by atoms with van der Waals surface area (Å²) in [6.45, 7) is 5.30. The number of benzene rings is 1.